The molecular formula is C15H8ClIO2. The van der Waals surface area contributed by atoms with E-state index in [1.807, 2.05) is 52.9 Å². The maximum atomic E-state index is 12.4. The quantitative estimate of drug-likeness (QED) is 0.570. The van der Waals surface area contributed by atoms with Gasteiger partial charge in [0.2, 0.25) is 5.43 Å². The van der Waals surface area contributed by atoms with Crippen LogP contribution in [-0.4, -0.2) is 0 Å². The summed E-state index contributed by atoms with van der Waals surface area (Å²) in [4.78, 5) is 12.4. The lowest BCUT2D eigenvalue weighted by atomic mass is 10.1. The van der Waals surface area contributed by atoms with Gasteiger partial charge in [0.15, 0.2) is 5.76 Å². The average Bonchev–Trinajstić information content (AvgIpc) is 2.43. The molecule has 0 spiro atoms. The monoisotopic (exact) mass is 382 g/mol. The number of halogens is 2. The second-order valence-corrected chi connectivity index (χ2v) is 5.54. The summed E-state index contributed by atoms with van der Waals surface area (Å²) in [7, 11) is 0. The molecule has 0 radical (unpaired) electrons. The van der Waals surface area contributed by atoms with Crippen LogP contribution in [0.15, 0.2) is 57.7 Å². The molecule has 0 bridgehead atoms. The maximum absolute atomic E-state index is 12.4. The molecule has 0 saturated carbocycles. The Labute approximate surface area is 128 Å². The third-order valence-corrected chi connectivity index (χ3v) is 4.14. The average molecular weight is 383 g/mol. The second-order valence-electron chi connectivity index (χ2n) is 4.05. The Morgan fingerprint density at radius 2 is 1.74 bits per heavy atom. The number of benzene rings is 2. The molecule has 2 nitrogen and oxygen atoms in total. The van der Waals surface area contributed by atoms with E-state index < -0.39 is 0 Å². The first kappa shape index (κ1) is 12.7. The molecule has 3 rings (SSSR count). The molecule has 0 aliphatic heterocycles. The predicted molar refractivity (Wildman–Crippen MR) is 85.6 cm³/mol. The van der Waals surface area contributed by atoms with Crippen LogP contribution in [0.4, 0.5) is 0 Å². The predicted octanol–water partition coefficient (Wildman–Crippen LogP) is 4.72. The first-order chi connectivity index (χ1) is 9.18. The summed E-state index contributed by atoms with van der Waals surface area (Å²) in [5.41, 5.74) is 1.30. The van der Waals surface area contributed by atoms with Gasteiger partial charge in [-0.15, -0.1) is 0 Å². The van der Waals surface area contributed by atoms with Gasteiger partial charge in [0.1, 0.15) is 9.15 Å². The minimum atomic E-state index is -0.0914. The summed E-state index contributed by atoms with van der Waals surface area (Å²) in [5, 5.41) is 0.858. The lowest BCUT2D eigenvalue weighted by Crippen LogP contribution is -2.07. The van der Waals surface area contributed by atoms with Crippen LogP contribution in [0.2, 0.25) is 5.02 Å². The molecule has 2 aromatic carbocycles. The van der Waals surface area contributed by atoms with Crippen molar-refractivity contribution in [3.8, 4) is 11.3 Å². The van der Waals surface area contributed by atoms with Crippen LogP contribution >= 0.6 is 34.2 Å². The Kier molecular flexibility index (Phi) is 3.33. The Balaban J connectivity index is 2.41. The van der Waals surface area contributed by atoms with Gasteiger partial charge in [-0.3, -0.25) is 4.79 Å². The minimum absolute atomic E-state index is 0.0914. The smallest absolute Gasteiger partial charge is 0.208 e. The Bertz CT molecular complexity index is 809. The highest BCUT2D eigenvalue weighted by molar-refractivity contribution is 14.1. The van der Waals surface area contributed by atoms with Crippen LogP contribution in [0.25, 0.3) is 22.3 Å². The van der Waals surface area contributed by atoms with Crippen molar-refractivity contribution >= 4 is 45.2 Å². The van der Waals surface area contributed by atoms with Crippen LogP contribution < -0.4 is 5.43 Å². The number of hydrogen-bond donors (Lipinski definition) is 0. The summed E-state index contributed by atoms with van der Waals surface area (Å²) >= 11 is 8.08. The van der Waals surface area contributed by atoms with Crippen LogP contribution in [0.1, 0.15) is 0 Å². The molecule has 4 heteroatoms. The van der Waals surface area contributed by atoms with Crippen molar-refractivity contribution in [1.29, 1.82) is 0 Å². The zero-order chi connectivity index (χ0) is 13.4. The number of hydrogen-bond acceptors (Lipinski definition) is 2. The molecule has 1 aromatic heterocycles. The molecule has 19 heavy (non-hydrogen) atoms. The van der Waals surface area contributed by atoms with Crippen LogP contribution in [-0.2, 0) is 0 Å². The Morgan fingerprint density at radius 3 is 2.47 bits per heavy atom. The van der Waals surface area contributed by atoms with E-state index in [1.54, 1.807) is 18.2 Å². The fourth-order valence-electron chi connectivity index (χ4n) is 1.95. The highest BCUT2D eigenvalue weighted by atomic mass is 127. The SMILES string of the molecule is O=c1c(I)c(-c2ccccc2)oc2cccc(Cl)c12. The fourth-order valence-corrected chi connectivity index (χ4v) is 2.90. The first-order valence-corrected chi connectivity index (χ1v) is 7.10. The van der Waals surface area contributed by atoms with Gasteiger partial charge in [0, 0.05) is 5.56 Å². The highest BCUT2D eigenvalue weighted by Crippen LogP contribution is 2.29. The van der Waals surface area contributed by atoms with Gasteiger partial charge in [0.05, 0.1) is 10.4 Å². The van der Waals surface area contributed by atoms with E-state index in [2.05, 4.69) is 0 Å². The van der Waals surface area contributed by atoms with Gasteiger partial charge in [-0.1, -0.05) is 48.0 Å². The van der Waals surface area contributed by atoms with Gasteiger partial charge >= 0.3 is 0 Å². The Hall–Kier alpha value is -1.33. The molecule has 0 aliphatic carbocycles. The summed E-state index contributed by atoms with van der Waals surface area (Å²) in [6.45, 7) is 0. The van der Waals surface area contributed by atoms with E-state index in [0.717, 1.165) is 5.56 Å². The molecule has 0 saturated heterocycles. The van der Waals surface area contributed by atoms with E-state index in [9.17, 15) is 4.79 Å². The van der Waals surface area contributed by atoms with Crippen molar-refractivity contribution in [2.45, 2.75) is 0 Å². The van der Waals surface area contributed by atoms with Gasteiger partial charge in [-0.2, -0.15) is 0 Å². The maximum Gasteiger partial charge on any atom is 0.208 e. The minimum Gasteiger partial charge on any atom is -0.455 e. The molecule has 94 valence electrons. The van der Waals surface area contributed by atoms with E-state index in [4.69, 9.17) is 16.0 Å². The molecule has 3 aromatic rings. The van der Waals surface area contributed by atoms with Crippen molar-refractivity contribution in [2.24, 2.45) is 0 Å². The third kappa shape index (κ3) is 2.17. The topological polar surface area (TPSA) is 30.2 Å². The van der Waals surface area contributed by atoms with Gasteiger partial charge < -0.3 is 4.42 Å². The molecule has 0 unspecified atom stereocenters. The van der Waals surface area contributed by atoms with E-state index in [0.29, 0.717) is 25.3 Å². The van der Waals surface area contributed by atoms with Crippen LogP contribution in [0, 0.1) is 3.57 Å². The summed E-state index contributed by atoms with van der Waals surface area (Å²) in [6.07, 6.45) is 0. The first-order valence-electron chi connectivity index (χ1n) is 5.65. The van der Waals surface area contributed by atoms with Crippen molar-refractivity contribution in [3.05, 3.63) is 67.3 Å². The van der Waals surface area contributed by atoms with E-state index in [1.165, 1.54) is 0 Å². The second kappa shape index (κ2) is 4.98. The summed E-state index contributed by atoms with van der Waals surface area (Å²) in [5.74, 6) is 0.584. The zero-order valence-corrected chi connectivity index (χ0v) is 12.6. The normalized spacial score (nSPS) is 10.8. The summed E-state index contributed by atoms with van der Waals surface area (Å²) in [6, 6.07) is 14.8. The standard InChI is InChI=1S/C15H8ClIO2/c16-10-7-4-8-11-12(10)14(18)13(17)15(19-11)9-5-2-1-3-6-9/h1-8H. The Morgan fingerprint density at radius 1 is 1.00 bits per heavy atom. The van der Waals surface area contributed by atoms with Crippen molar-refractivity contribution < 1.29 is 4.42 Å². The fraction of sp³-hybridized carbons (Fsp3) is 0. The van der Waals surface area contributed by atoms with Gasteiger partial charge in [-0.05, 0) is 34.7 Å². The number of fused-ring (bicyclic) bond motifs is 1. The van der Waals surface area contributed by atoms with Crippen molar-refractivity contribution in [3.63, 3.8) is 0 Å². The lowest BCUT2D eigenvalue weighted by molar-refractivity contribution is 0.615. The van der Waals surface area contributed by atoms with Gasteiger partial charge in [0.25, 0.3) is 0 Å². The molecule has 0 amide bonds. The molecular weight excluding hydrogens is 375 g/mol. The van der Waals surface area contributed by atoms with Crippen molar-refractivity contribution in [1.82, 2.24) is 0 Å². The lowest BCUT2D eigenvalue weighted by Gasteiger charge is -2.06. The van der Waals surface area contributed by atoms with Crippen LogP contribution in [0.3, 0.4) is 0 Å². The van der Waals surface area contributed by atoms with Crippen molar-refractivity contribution in [2.75, 3.05) is 0 Å². The molecule has 0 N–H and O–H groups in total. The zero-order valence-electron chi connectivity index (χ0n) is 9.69. The third-order valence-electron chi connectivity index (χ3n) is 2.85. The number of rotatable bonds is 1. The van der Waals surface area contributed by atoms with Gasteiger partial charge in [-0.25, -0.2) is 0 Å². The van der Waals surface area contributed by atoms with Crippen LogP contribution in [0.5, 0.6) is 0 Å². The largest absolute Gasteiger partial charge is 0.455 e. The molecule has 0 fully saturated rings. The highest BCUT2D eigenvalue weighted by Gasteiger charge is 2.15. The molecule has 0 atom stereocenters. The van der Waals surface area contributed by atoms with E-state index in [-0.39, 0.29) is 5.43 Å². The molecule has 1 heterocycles. The molecule has 0 aliphatic rings. The summed E-state index contributed by atoms with van der Waals surface area (Å²) < 4.78 is 6.39. The van der Waals surface area contributed by atoms with E-state index >= 15 is 0 Å².